The Bertz CT molecular complexity index is 785. The number of carbonyl (C=O) groups is 2. The van der Waals surface area contributed by atoms with Crippen LogP contribution in [0.2, 0.25) is 0 Å². The third-order valence-corrected chi connectivity index (χ3v) is 3.41. The highest BCUT2D eigenvalue weighted by atomic mass is 16.5. The smallest absolute Gasteiger partial charge is 0.488 e. The van der Waals surface area contributed by atoms with Crippen molar-refractivity contribution in [2.75, 3.05) is 19.5 Å². The summed E-state index contributed by atoms with van der Waals surface area (Å²) in [7, 11) is 0.920. The number of amides is 1. The minimum Gasteiger partial charge on any atom is -0.496 e. The number of benzene rings is 2. The summed E-state index contributed by atoms with van der Waals surface area (Å²) in [6, 6.07) is 8.37. The molecule has 0 aromatic heterocycles. The highest BCUT2D eigenvalue weighted by molar-refractivity contribution is 6.58. The summed E-state index contributed by atoms with van der Waals surface area (Å²) in [5, 5.41) is 30.2. The Morgan fingerprint density at radius 3 is 2.12 bits per heavy atom. The van der Waals surface area contributed by atoms with Crippen molar-refractivity contribution >= 4 is 30.1 Å². The summed E-state index contributed by atoms with van der Waals surface area (Å²) in [4.78, 5) is 23.8. The Hall–Kier alpha value is -3.04. The molecule has 9 heteroatoms. The van der Waals surface area contributed by atoms with Gasteiger partial charge in [0.25, 0.3) is 5.91 Å². The van der Waals surface area contributed by atoms with E-state index in [1.54, 1.807) is 18.2 Å². The van der Waals surface area contributed by atoms with Crippen molar-refractivity contribution < 1.29 is 34.2 Å². The van der Waals surface area contributed by atoms with Crippen LogP contribution < -0.4 is 20.3 Å². The Labute approximate surface area is 143 Å². The largest absolute Gasteiger partial charge is 0.496 e. The summed E-state index contributed by atoms with van der Waals surface area (Å²) in [6.45, 7) is 0. The van der Waals surface area contributed by atoms with Crippen molar-refractivity contribution in [2.45, 2.75) is 0 Å². The van der Waals surface area contributed by atoms with Crippen LogP contribution in [0, 0.1) is 0 Å². The number of ether oxygens (including phenoxy) is 2. The number of rotatable bonds is 6. The van der Waals surface area contributed by atoms with Gasteiger partial charge in [-0.3, -0.25) is 4.79 Å². The molecular weight excluding hydrogens is 329 g/mol. The van der Waals surface area contributed by atoms with Crippen LogP contribution in [0.3, 0.4) is 0 Å². The summed E-state index contributed by atoms with van der Waals surface area (Å²) in [5.41, 5.74) is -0.0598. The maximum atomic E-state index is 12.6. The van der Waals surface area contributed by atoms with Gasteiger partial charge in [0.1, 0.15) is 17.1 Å². The molecule has 4 N–H and O–H groups in total. The second kappa shape index (κ2) is 7.69. The minimum atomic E-state index is -1.88. The zero-order chi connectivity index (χ0) is 18.6. The van der Waals surface area contributed by atoms with E-state index < -0.39 is 19.0 Å². The average molecular weight is 345 g/mol. The third-order valence-electron chi connectivity index (χ3n) is 3.41. The van der Waals surface area contributed by atoms with Gasteiger partial charge < -0.3 is 29.9 Å². The van der Waals surface area contributed by atoms with Crippen molar-refractivity contribution in [1.82, 2.24) is 0 Å². The van der Waals surface area contributed by atoms with Crippen molar-refractivity contribution in [3.8, 4) is 11.5 Å². The third kappa shape index (κ3) is 4.08. The molecule has 0 atom stereocenters. The molecule has 0 heterocycles. The lowest BCUT2D eigenvalue weighted by molar-refractivity contribution is 0.0696. The molecule has 0 spiro atoms. The molecule has 0 saturated heterocycles. The van der Waals surface area contributed by atoms with Gasteiger partial charge >= 0.3 is 13.1 Å². The maximum absolute atomic E-state index is 12.6. The second-order valence-corrected chi connectivity index (χ2v) is 5.01. The monoisotopic (exact) mass is 345 g/mol. The van der Waals surface area contributed by atoms with Gasteiger partial charge in [0.05, 0.1) is 19.8 Å². The lowest BCUT2D eigenvalue weighted by Crippen LogP contribution is -2.31. The van der Waals surface area contributed by atoms with Crippen molar-refractivity contribution in [1.29, 1.82) is 0 Å². The van der Waals surface area contributed by atoms with Gasteiger partial charge in [-0.15, -0.1) is 0 Å². The van der Waals surface area contributed by atoms with Crippen LogP contribution >= 0.6 is 0 Å². The molecule has 0 aliphatic heterocycles. The summed E-state index contributed by atoms with van der Waals surface area (Å²) in [6.07, 6.45) is 0. The Morgan fingerprint density at radius 2 is 1.64 bits per heavy atom. The molecule has 2 rings (SSSR count). The Kier molecular flexibility index (Phi) is 5.63. The van der Waals surface area contributed by atoms with Crippen LogP contribution in [0.15, 0.2) is 36.4 Å². The van der Waals surface area contributed by atoms with Gasteiger partial charge in [0.15, 0.2) is 0 Å². The lowest BCUT2D eigenvalue weighted by Gasteiger charge is -2.14. The van der Waals surface area contributed by atoms with E-state index in [1.807, 2.05) is 0 Å². The standard InChI is InChI=1S/C16H16BNO7/c1-24-12-4-3-5-13(25-2)14(12)15(19)18-11-7-9(16(20)21)6-10(8-11)17(22)23/h3-8,22-23H,1-2H3,(H,18,19)(H,20,21). The van der Waals surface area contributed by atoms with Gasteiger partial charge in [-0.1, -0.05) is 6.07 Å². The molecule has 130 valence electrons. The first-order valence-corrected chi connectivity index (χ1v) is 7.14. The molecule has 0 aliphatic rings. The molecule has 0 saturated carbocycles. The lowest BCUT2D eigenvalue weighted by atomic mass is 9.79. The Balaban J connectivity index is 2.43. The van der Waals surface area contributed by atoms with E-state index in [9.17, 15) is 19.6 Å². The number of hydrogen-bond acceptors (Lipinski definition) is 6. The van der Waals surface area contributed by atoms with E-state index in [2.05, 4.69) is 5.32 Å². The van der Waals surface area contributed by atoms with Crippen LogP contribution in [0.1, 0.15) is 20.7 Å². The predicted octanol–water partition coefficient (Wildman–Crippen LogP) is 0.334. The number of carboxylic acids is 1. The maximum Gasteiger partial charge on any atom is 0.488 e. The summed E-state index contributed by atoms with van der Waals surface area (Å²) >= 11 is 0. The topological polar surface area (TPSA) is 125 Å². The summed E-state index contributed by atoms with van der Waals surface area (Å²) in [5.74, 6) is -1.33. The van der Waals surface area contributed by atoms with Gasteiger partial charge in [0, 0.05) is 5.69 Å². The quantitative estimate of drug-likeness (QED) is 0.556. The number of nitrogens with one attached hydrogen (secondary N) is 1. The van der Waals surface area contributed by atoms with Crippen LogP contribution in [0.4, 0.5) is 5.69 Å². The molecule has 8 nitrogen and oxygen atoms in total. The van der Waals surface area contributed by atoms with Crippen molar-refractivity contribution in [3.05, 3.63) is 47.5 Å². The minimum absolute atomic E-state index is 0.0674. The molecule has 0 radical (unpaired) electrons. The van der Waals surface area contributed by atoms with Crippen LogP contribution in [-0.4, -0.2) is 48.4 Å². The van der Waals surface area contributed by atoms with Crippen molar-refractivity contribution in [3.63, 3.8) is 0 Å². The van der Waals surface area contributed by atoms with E-state index in [0.29, 0.717) is 0 Å². The van der Waals surface area contributed by atoms with Gasteiger partial charge in [-0.25, -0.2) is 4.79 Å². The molecule has 1 amide bonds. The SMILES string of the molecule is COc1cccc(OC)c1C(=O)Nc1cc(B(O)O)cc(C(=O)O)c1. The first kappa shape index (κ1) is 18.3. The first-order valence-electron chi connectivity index (χ1n) is 7.14. The van der Waals surface area contributed by atoms with E-state index in [4.69, 9.17) is 14.6 Å². The van der Waals surface area contributed by atoms with Crippen LogP contribution in [0.5, 0.6) is 11.5 Å². The fourth-order valence-electron chi connectivity index (χ4n) is 2.26. The van der Waals surface area contributed by atoms with Crippen molar-refractivity contribution in [2.24, 2.45) is 0 Å². The normalized spacial score (nSPS) is 10.1. The summed E-state index contributed by atoms with van der Waals surface area (Å²) < 4.78 is 10.3. The zero-order valence-corrected chi connectivity index (χ0v) is 13.5. The molecule has 0 unspecified atom stereocenters. The number of carbonyl (C=O) groups excluding carboxylic acids is 1. The number of aromatic carboxylic acids is 1. The molecule has 0 bridgehead atoms. The van der Waals surface area contributed by atoms with Gasteiger partial charge in [-0.05, 0) is 35.8 Å². The molecule has 2 aromatic carbocycles. The fourth-order valence-corrected chi connectivity index (χ4v) is 2.26. The molecule has 0 aliphatic carbocycles. The molecule has 25 heavy (non-hydrogen) atoms. The number of methoxy groups -OCH3 is 2. The zero-order valence-electron chi connectivity index (χ0n) is 13.5. The fraction of sp³-hybridized carbons (Fsp3) is 0.125. The molecule has 2 aromatic rings. The van der Waals surface area contributed by atoms with E-state index in [-0.39, 0.29) is 33.8 Å². The predicted molar refractivity (Wildman–Crippen MR) is 90.7 cm³/mol. The van der Waals surface area contributed by atoms with E-state index >= 15 is 0 Å². The number of hydrogen-bond donors (Lipinski definition) is 4. The Morgan fingerprint density at radius 1 is 1.04 bits per heavy atom. The second-order valence-electron chi connectivity index (χ2n) is 5.01. The van der Waals surface area contributed by atoms with Gasteiger partial charge in [-0.2, -0.15) is 0 Å². The molecular formula is C16H16BNO7. The highest BCUT2D eigenvalue weighted by Crippen LogP contribution is 2.29. The average Bonchev–Trinajstić information content (AvgIpc) is 2.60. The van der Waals surface area contributed by atoms with E-state index in [1.165, 1.54) is 26.4 Å². The van der Waals surface area contributed by atoms with E-state index in [0.717, 1.165) is 6.07 Å². The number of carboxylic acid groups (broad SMARTS) is 1. The van der Waals surface area contributed by atoms with Crippen LogP contribution in [-0.2, 0) is 0 Å². The molecule has 0 fully saturated rings. The van der Waals surface area contributed by atoms with Crippen LogP contribution in [0.25, 0.3) is 0 Å². The number of anilines is 1. The first-order chi connectivity index (χ1) is 11.9. The highest BCUT2D eigenvalue weighted by Gasteiger charge is 2.20. The van der Waals surface area contributed by atoms with Gasteiger partial charge in [0.2, 0.25) is 0 Å².